The van der Waals surface area contributed by atoms with Crippen LogP contribution in [0.2, 0.25) is 0 Å². The highest BCUT2D eigenvalue weighted by atomic mass is 16.5. The lowest BCUT2D eigenvalue weighted by Crippen LogP contribution is -2.27. The van der Waals surface area contributed by atoms with Crippen LogP contribution < -0.4 is 9.47 Å². The number of para-hydroxylation sites is 1. The number of likely N-dealkylation sites (tertiary alicyclic amines) is 1. The molecule has 1 saturated heterocycles. The fraction of sp³-hybridized carbons (Fsp3) is 0.160. The molecule has 7 nitrogen and oxygen atoms in total. The Kier molecular flexibility index (Phi) is 5.29. The first-order valence-electron chi connectivity index (χ1n) is 10.4. The van der Waals surface area contributed by atoms with E-state index in [4.69, 9.17) is 9.47 Å². The molecule has 1 unspecified atom stereocenters. The summed E-state index contributed by atoms with van der Waals surface area (Å²) in [5, 5.41) is 0. The lowest BCUT2D eigenvalue weighted by Gasteiger charge is -2.17. The van der Waals surface area contributed by atoms with Gasteiger partial charge in [-0.15, -0.1) is 0 Å². The van der Waals surface area contributed by atoms with E-state index in [0.717, 1.165) is 29.0 Å². The molecule has 1 amide bonds. The van der Waals surface area contributed by atoms with Crippen LogP contribution in [-0.4, -0.2) is 38.4 Å². The van der Waals surface area contributed by atoms with Gasteiger partial charge in [-0.25, -0.2) is 4.98 Å². The molecule has 1 fully saturated rings. The van der Waals surface area contributed by atoms with Crippen LogP contribution >= 0.6 is 0 Å². The number of carbonyl (C=O) groups is 1. The summed E-state index contributed by atoms with van der Waals surface area (Å²) in [6.45, 7) is 4.90. The minimum absolute atomic E-state index is 0.0468. The maximum absolute atomic E-state index is 12.0. The first kappa shape index (κ1) is 19.8. The van der Waals surface area contributed by atoms with Crippen molar-refractivity contribution in [3.8, 4) is 23.1 Å². The van der Waals surface area contributed by atoms with Crippen LogP contribution in [0.4, 0.5) is 0 Å². The van der Waals surface area contributed by atoms with Gasteiger partial charge in [0.2, 0.25) is 11.8 Å². The van der Waals surface area contributed by atoms with E-state index in [1.807, 2.05) is 66.9 Å². The Balaban J connectivity index is 1.37. The summed E-state index contributed by atoms with van der Waals surface area (Å²) in [6.07, 6.45) is 5.69. The fourth-order valence-corrected chi connectivity index (χ4v) is 3.95. The third-order valence-corrected chi connectivity index (χ3v) is 5.53. The molecule has 160 valence electrons. The van der Waals surface area contributed by atoms with Gasteiger partial charge in [0.15, 0.2) is 0 Å². The Morgan fingerprint density at radius 3 is 2.44 bits per heavy atom. The first-order valence-corrected chi connectivity index (χ1v) is 10.4. The maximum atomic E-state index is 12.0. The molecule has 0 N–H and O–H groups in total. The topological polar surface area (TPSA) is 69.5 Å². The van der Waals surface area contributed by atoms with Gasteiger partial charge >= 0.3 is 0 Å². The summed E-state index contributed by atoms with van der Waals surface area (Å²) in [4.78, 5) is 22.6. The Bertz CT molecular complexity index is 1250. The van der Waals surface area contributed by atoms with E-state index in [2.05, 4.69) is 21.1 Å². The van der Waals surface area contributed by atoms with Gasteiger partial charge in [0.25, 0.3) is 0 Å². The molecule has 7 heteroatoms. The molecular formula is C25H22N4O3. The smallest absolute Gasteiger partial charge is 0.247 e. The third kappa shape index (κ3) is 3.92. The molecule has 0 aliphatic carbocycles. The molecular weight excluding hydrogens is 404 g/mol. The molecule has 1 aliphatic heterocycles. The Hall–Kier alpha value is -4.13. The zero-order valence-corrected chi connectivity index (χ0v) is 17.4. The average Bonchev–Trinajstić information content (AvgIpc) is 3.48. The van der Waals surface area contributed by atoms with Gasteiger partial charge in [0.1, 0.15) is 29.1 Å². The molecule has 2 aromatic carbocycles. The standard InChI is InChI=1S/C25H22N4O3/c1-2-23(30)28-14-12-18(16-28)29-15-13-22-24(29)25(27-17-26-22)32-21-10-8-20(9-11-21)31-19-6-4-3-5-7-19/h2-11,13,15,17-18H,1,12,14,16H2. The second-order valence-corrected chi connectivity index (χ2v) is 7.56. The van der Waals surface area contributed by atoms with Crippen molar-refractivity contribution in [2.24, 2.45) is 0 Å². The second-order valence-electron chi connectivity index (χ2n) is 7.56. The minimum Gasteiger partial charge on any atom is -0.457 e. The molecule has 0 bridgehead atoms. The maximum Gasteiger partial charge on any atom is 0.247 e. The number of benzene rings is 2. The van der Waals surface area contributed by atoms with E-state index in [0.29, 0.717) is 24.7 Å². The number of aromatic nitrogens is 3. The predicted molar refractivity (Wildman–Crippen MR) is 121 cm³/mol. The Morgan fingerprint density at radius 2 is 1.69 bits per heavy atom. The van der Waals surface area contributed by atoms with Gasteiger partial charge < -0.3 is 18.9 Å². The highest BCUT2D eigenvalue weighted by Crippen LogP contribution is 2.33. The van der Waals surface area contributed by atoms with Gasteiger partial charge in [0, 0.05) is 19.3 Å². The molecule has 2 aromatic heterocycles. The molecule has 1 aliphatic rings. The van der Waals surface area contributed by atoms with Gasteiger partial charge in [-0.3, -0.25) is 4.79 Å². The number of rotatable bonds is 6. The molecule has 0 radical (unpaired) electrons. The third-order valence-electron chi connectivity index (χ3n) is 5.53. The SMILES string of the molecule is C=CC(=O)N1CCC(n2ccc3ncnc(Oc4ccc(Oc5ccccc5)cc4)c32)C1. The van der Waals surface area contributed by atoms with Crippen molar-refractivity contribution < 1.29 is 14.3 Å². The lowest BCUT2D eigenvalue weighted by atomic mass is 10.2. The highest BCUT2D eigenvalue weighted by Gasteiger charge is 2.28. The Labute approximate surface area is 185 Å². The summed E-state index contributed by atoms with van der Waals surface area (Å²) in [6, 6.07) is 19.1. The summed E-state index contributed by atoms with van der Waals surface area (Å²) in [5.74, 6) is 2.57. The van der Waals surface area contributed by atoms with Crippen LogP contribution in [0.1, 0.15) is 12.5 Å². The molecule has 5 rings (SSSR count). The molecule has 32 heavy (non-hydrogen) atoms. The molecule has 3 heterocycles. The number of nitrogens with zero attached hydrogens (tertiary/aromatic N) is 4. The lowest BCUT2D eigenvalue weighted by molar-refractivity contribution is -0.125. The fourth-order valence-electron chi connectivity index (χ4n) is 3.95. The number of hydrogen-bond acceptors (Lipinski definition) is 5. The number of carbonyl (C=O) groups excluding carboxylic acids is 1. The highest BCUT2D eigenvalue weighted by molar-refractivity contribution is 5.87. The number of fused-ring (bicyclic) bond motifs is 1. The van der Waals surface area contributed by atoms with Gasteiger partial charge in [-0.2, -0.15) is 4.98 Å². The van der Waals surface area contributed by atoms with Crippen LogP contribution in [0.15, 0.2) is 85.8 Å². The Morgan fingerprint density at radius 1 is 0.969 bits per heavy atom. The zero-order chi connectivity index (χ0) is 21.9. The molecule has 0 saturated carbocycles. The van der Waals surface area contributed by atoms with E-state index < -0.39 is 0 Å². The quantitative estimate of drug-likeness (QED) is 0.407. The van der Waals surface area contributed by atoms with Gasteiger partial charge in [0.05, 0.1) is 11.6 Å². The van der Waals surface area contributed by atoms with Crippen LogP contribution in [0, 0.1) is 0 Å². The van der Waals surface area contributed by atoms with Crippen molar-refractivity contribution in [1.82, 2.24) is 19.4 Å². The summed E-state index contributed by atoms with van der Waals surface area (Å²) < 4.78 is 14.1. The molecule has 4 aromatic rings. The minimum atomic E-state index is -0.0468. The predicted octanol–water partition coefficient (Wildman–Crippen LogP) is 4.98. The summed E-state index contributed by atoms with van der Waals surface area (Å²) in [7, 11) is 0. The van der Waals surface area contributed by atoms with E-state index >= 15 is 0 Å². The van der Waals surface area contributed by atoms with Crippen LogP contribution in [0.5, 0.6) is 23.1 Å². The van der Waals surface area contributed by atoms with Crippen LogP contribution in [0.25, 0.3) is 11.0 Å². The zero-order valence-electron chi connectivity index (χ0n) is 17.4. The van der Waals surface area contributed by atoms with Crippen molar-refractivity contribution in [2.45, 2.75) is 12.5 Å². The van der Waals surface area contributed by atoms with Crippen molar-refractivity contribution in [1.29, 1.82) is 0 Å². The number of hydrogen-bond donors (Lipinski definition) is 0. The first-order chi connectivity index (χ1) is 15.7. The summed E-state index contributed by atoms with van der Waals surface area (Å²) >= 11 is 0. The monoisotopic (exact) mass is 426 g/mol. The van der Waals surface area contributed by atoms with Crippen LogP contribution in [0.3, 0.4) is 0 Å². The van der Waals surface area contributed by atoms with Crippen molar-refractivity contribution >= 4 is 16.9 Å². The van der Waals surface area contributed by atoms with Crippen molar-refractivity contribution in [3.05, 3.63) is 85.8 Å². The van der Waals surface area contributed by atoms with Gasteiger partial charge in [-0.1, -0.05) is 24.8 Å². The average molecular weight is 426 g/mol. The summed E-state index contributed by atoms with van der Waals surface area (Å²) in [5.41, 5.74) is 1.61. The van der Waals surface area contributed by atoms with Gasteiger partial charge in [-0.05, 0) is 55.0 Å². The van der Waals surface area contributed by atoms with E-state index in [1.54, 1.807) is 4.90 Å². The van der Waals surface area contributed by atoms with Crippen molar-refractivity contribution in [2.75, 3.05) is 13.1 Å². The van der Waals surface area contributed by atoms with Crippen LogP contribution in [-0.2, 0) is 4.79 Å². The molecule has 1 atom stereocenters. The molecule has 0 spiro atoms. The second kappa shape index (κ2) is 8.55. The number of ether oxygens (including phenoxy) is 2. The number of amides is 1. The largest absolute Gasteiger partial charge is 0.457 e. The van der Waals surface area contributed by atoms with E-state index in [-0.39, 0.29) is 11.9 Å². The van der Waals surface area contributed by atoms with Crippen molar-refractivity contribution in [3.63, 3.8) is 0 Å². The van der Waals surface area contributed by atoms with E-state index in [9.17, 15) is 4.79 Å². The van der Waals surface area contributed by atoms with E-state index in [1.165, 1.54) is 12.4 Å². The normalized spacial score (nSPS) is 15.6.